The lowest BCUT2D eigenvalue weighted by atomic mass is 9.77. The van der Waals surface area contributed by atoms with Gasteiger partial charge in [0.1, 0.15) is 11.5 Å². The smallest absolute Gasteiger partial charge is 0.123 e. The van der Waals surface area contributed by atoms with Crippen molar-refractivity contribution in [1.82, 2.24) is 0 Å². The Morgan fingerprint density at radius 1 is 0.800 bits per heavy atom. The van der Waals surface area contributed by atoms with Gasteiger partial charge in [-0.1, -0.05) is 53.7 Å². The molecule has 0 saturated carbocycles. The molecule has 3 rings (SSSR count). The number of nitrogens with zero attached hydrogens (tertiary/aromatic N) is 1. The second kappa shape index (κ2) is 10.2. The third-order valence-corrected chi connectivity index (χ3v) is 6.30. The number of benzene rings is 3. The first-order valence-electron chi connectivity index (χ1n) is 12.5. The molecule has 3 aromatic carbocycles. The number of ether oxygens (including phenoxy) is 1. The van der Waals surface area contributed by atoms with Gasteiger partial charge in [-0.3, -0.25) is 0 Å². The van der Waals surface area contributed by atoms with Crippen molar-refractivity contribution in [2.45, 2.75) is 65.3 Å². The Morgan fingerprint density at radius 3 is 1.74 bits per heavy atom. The summed E-state index contributed by atoms with van der Waals surface area (Å²) in [7, 11) is 4.10. The molecule has 3 aromatic rings. The fraction of sp³-hybridized carbons (Fsp3) is 0.419. The van der Waals surface area contributed by atoms with Crippen molar-refractivity contribution in [3.63, 3.8) is 0 Å². The van der Waals surface area contributed by atoms with Crippen molar-refractivity contribution in [3.05, 3.63) is 82.9 Å². The van der Waals surface area contributed by atoms with E-state index in [1.165, 1.54) is 0 Å². The summed E-state index contributed by atoms with van der Waals surface area (Å²) >= 11 is 0. The van der Waals surface area contributed by atoms with Crippen LogP contribution in [0.4, 0.5) is 11.4 Å². The minimum Gasteiger partial charge on any atom is -0.507 e. The number of phenolic OH excluding ortho intramolecular Hbond substituents is 1. The van der Waals surface area contributed by atoms with Gasteiger partial charge in [0, 0.05) is 25.5 Å². The average molecular weight is 475 g/mol. The lowest BCUT2D eigenvalue weighted by molar-refractivity contribution is 0.340. The molecule has 188 valence electrons. The van der Waals surface area contributed by atoms with Gasteiger partial charge in [-0.2, -0.15) is 0 Å². The Kier molecular flexibility index (Phi) is 7.74. The molecule has 0 radical (unpaired) electrons. The van der Waals surface area contributed by atoms with E-state index in [0.717, 1.165) is 39.4 Å². The Morgan fingerprint density at radius 2 is 1.31 bits per heavy atom. The van der Waals surface area contributed by atoms with Gasteiger partial charge in [0.05, 0.1) is 12.6 Å². The molecule has 0 amide bonds. The number of hydrogen-bond donors (Lipinski definition) is 2. The van der Waals surface area contributed by atoms with Crippen LogP contribution in [0.15, 0.2) is 60.7 Å². The topological polar surface area (TPSA) is 44.7 Å². The molecular weight excluding hydrogens is 432 g/mol. The first-order chi connectivity index (χ1) is 16.3. The Balaban J connectivity index is 2.17. The van der Waals surface area contributed by atoms with Crippen LogP contribution >= 0.6 is 0 Å². The number of hydrogen-bond acceptors (Lipinski definition) is 4. The zero-order valence-electron chi connectivity index (χ0n) is 22.9. The van der Waals surface area contributed by atoms with Gasteiger partial charge in [-0.25, -0.2) is 0 Å². The number of phenols is 1. The van der Waals surface area contributed by atoms with E-state index in [0.29, 0.717) is 12.4 Å². The Hall–Kier alpha value is -3.14. The first kappa shape index (κ1) is 26.5. The zero-order valence-corrected chi connectivity index (χ0v) is 22.9. The predicted octanol–water partition coefficient (Wildman–Crippen LogP) is 7.65. The molecule has 0 heterocycles. The Bertz CT molecular complexity index is 1080. The fourth-order valence-corrected chi connectivity index (χ4v) is 4.27. The van der Waals surface area contributed by atoms with Gasteiger partial charge < -0.3 is 20.1 Å². The number of rotatable bonds is 7. The second-order valence-electron chi connectivity index (χ2n) is 11.5. The summed E-state index contributed by atoms with van der Waals surface area (Å²) in [5.74, 6) is 1.26. The molecule has 4 nitrogen and oxygen atoms in total. The van der Waals surface area contributed by atoms with Crippen LogP contribution in [-0.4, -0.2) is 25.8 Å². The van der Waals surface area contributed by atoms with E-state index in [2.05, 4.69) is 114 Å². The quantitative estimate of drug-likeness (QED) is 0.369. The molecule has 1 unspecified atom stereocenters. The third-order valence-electron chi connectivity index (χ3n) is 6.30. The lowest BCUT2D eigenvalue weighted by Crippen LogP contribution is -2.20. The van der Waals surface area contributed by atoms with E-state index < -0.39 is 0 Å². The molecule has 0 aliphatic rings. The summed E-state index contributed by atoms with van der Waals surface area (Å²) < 4.78 is 5.63. The van der Waals surface area contributed by atoms with E-state index in [9.17, 15) is 5.11 Å². The van der Waals surface area contributed by atoms with Crippen molar-refractivity contribution in [1.29, 1.82) is 0 Å². The zero-order chi connectivity index (χ0) is 26.0. The molecule has 35 heavy (non-hydrogen) atoms. The van der Waals surface area contributed by atoms with E-state index >= 15 is 0 Å². The van der Waals surface area contributed by atoms with Gasteiger partial charge in [-0.05, 0) is 88.5 Å². The van der Waals surface area contributed by atoms with Crippen LogP contribution in [0.3, 0.4) is 0 Å². The molecule has 0 saturated heterocycles. The molecule has 0 spiro atoms. The van der Waals surface area contributed by atoms with E-state index in [1.807, 2.05) is 19.1 Å². The van der Waals surface area contributed by atoms with Crippen LogP contribution in [0.5, 0.6) is 11.5 Å². The van der Waals surface area contributed by atoms with Crippen molar-refractivity contribution >= 4 is 11.4 Å². The maximum atomic E-state index is 11.3. The molecular formula is C31H42N2O2. The van der Waals surface area contributed by atoms with Gasteiger partial charge in [-0.15, -0.1) is 0 Å². The maximum absolute atomic E-state index is 11.3. The molecule has 4 heteroatoms. The van der Waals surface area contributed by atoms with Crippen molar-refractivity contribution in [3.8, 4) is 11.5 Å². The van der Waals surface area contributed by atoms with E-state index in [4.69, 9.17) is 4.74 Å². The average Bonchev–Trinajstić information content (AvgIpc) is 2.77. The lowest BCUT2D eigenvalue weighted by Gasteiger charge is -2.31. The van der Waals surface area contributed by atoms with E-state index in [-0.39, 0.29) is 16.9 Å². The molecule has 2 N–H and O–H groups in total. The minimum absolute atomic E-state index is 0.0908. The minimum atomic E-state index is -0.196. The van der Waals surface area contributed by atoms with Gasteiger partial charge in [0.25, 0.3) is 0 Å². The molecule has 1 atom stereocenters. The SMILES string of the molecule is CCOc1ccc(NC(c2ccc(N(C)C)cc2)c2cc(C(C)(C)C)c(O)c(C(C)(C)C)c2)cc1. The standard InChI is InChI=1S/C31H42N2O2/c1-10-35-25-17-13-23(14-18-25)32-28(21-11-15-24(16-12-21)33(8)9)22-19-26(30(2,3)4)29(34)27(20-22)31(5,6)7/h11-20,28,32,34H,10H2,1-9H3. The molecule has 0 aliphatic carbocycles. The molecule has 0 bridgehead atoms. The highest BCUT2D eigenvalue weighted by Gasteiger charge is 2.28. The second-order valence-corrected chi connectivity index (χ2v) is 11.5. The molecule has 0 aliphatic heterocycles. The van der Waals surface area contributed by atoms with Crippen molar-refractivity contribution < 1.29 is 9.84 Å². The van der Waals surface area contributed by atoms with Crippen LogP contribution in [0, 0.1) is 0 Å². The van der Waals surface area contributed by atoms with E-state index in [1.54, 1.807) is 0 Å². The fourth-order valence-electron chi connectivity index (χ4n) is 4.27. The van der Waals surface area contributed by atoms with Crippen LogP contribution < -0.4 is 15.0 Å². The monoisotopic (exact) mass is 474 g/mol. The maximum Gasteiger partial charge on any atom is 0.123 e. The number of aromatic hydroxyl groups is 1. The van der Waals surface area contributed by atoms with Crippen molar-refractivity contribution in [2.24, 2.45) is 0 Å². The van der Waals surface area contributed by atoms with Crippen molar-refractivity contribution in [2.75, 3.05) is 30.9 Å². The summed E-state index contributed by atoms with van der Waals surface area (Å²) in [6.07, 6.45) is 0. The number of nitrogens with one attached hydrogen (secondary N) is 1. The summed E-state index contributed by atoms with van der Waals surface area (Å²) in [6, 6.07) is 21.0. The van der Waals surface area contributed by atoms with Crippen LogP contribution in [0.25, 0.3) is 0 Å². The highest BCUT2D eigenvalue weighted by atomic mass is 16.5. The first-order valence-corrected chi connectivity index (χ1v) is 12.5. The third kappa shape index (κ3) is 6.30. The summed E-state index contributed by atoms with van der Waals surface area (Å²) in [4.78, 5) is 2.11. The summed E-state index contributed by atoms with van der Waals surface area (Å²) in [5, 5.41) is 15.0. The Labute approximate surface area is 212 Å². The predicted molar refractivity (Wildman–Crippen MR) is 149 cm³/mol. The summed E-state index contributed by atoms with van der Waals surface area (Å²) in [6.45, 7) is 15.5. The van der Waals surface area contributed by atoms with Crippen LogP contribution in [0.1, 0.15) is 76.8 Å². The van der Waals surface area contributed by atoms with Gasteiger partial charge >= 0.3 is 0 Å². The highest BCUT2D eigenvalue weighted by Crippen LogP contribution is 2.42. The van der Waals surface area contributed by atoms with Gasteiger partial charge in [0.15, 0.2) is 0 Å². The van der Waals surface area contributed by atoms with Crippen LogP contribution in [0.2, 0.25) is 0 Å². The van der Waals surface area contributed by atoms with Gasteiger partial charge in [0.2, 0.25) is 0 Å². The molecule has 0 aromatic heterocycles. The highest BCUT2D eigenvalue weighted by molar-refractivity contribution is 5.57. The normalized spacial score (nSPS) is 12.8. The number of anilines is 2. The molecule has 0 fully saturated rings. The summed E-state index contributed by atoms with van der Waals surface area (Å²) in [5.41, 5.74) is 5.99. The largest absolute Gasteiger partial charge is 0.507 e. The van der Waals surface area contributed by atoms with Crippen LogP contribution in [-0.2, 0) is 10.8 Å².